The summed E-state index contributed by atoms with van der Waals surface area (Å²) in [7, 11) is 0. The molecule has 0 spiro atoms. The first-order valence-corrected chi connectivity index (χ1v) is 11.3. The van der Waals surface area contributed by atoms with Crippen LogP contribution in [0.4, 0.5) is 0 Å². The first kappa shape index (κ1) is 20.5. The molecule has 1 unspecified atom stereocenters. The SMILES string of the molecule is CC(C)(C)c1cc(C(=O)N2CCCC(c3[nH]c4ccccc4c3-c3ccncc3)C2)n[nH]1. The minimum absolute atomic E-state index is 0.00280. The topological polar surface area (TPSA) is 77.7 Å². The molecule has 1 aliphatic heterocycles. The van der Waals surface area contributed by atoms with Gasteiger partial charge in [-0.05, 0) is 42.7 Å². The number of piperidine rings is 1. The highest BCUT2D eigenvalue weighted by Gasteiger charge is 2.30. The molecular weight excluding hydrogens is 398 g/mol. The van der Waals surface area contributed by atoms with E-state index in [1.54, 1.807) is 0 Å². The zero-order valence-corrected chi connectivity index (χ0v) is 18.9. The zero-order valence-electron chi connectivity index (χ0n) is 18.9. The highest BCUT2D eigenvalue weighted by atomic mass is 16.2. The van der Waals surface area contributed by atoms with Crippen LogP contribution < -0.4 is 0 Å². The van der Waals surface area contributed by atoms with E-state index in [0.29, 0.717) is 12.2 Å². The molecule has 6 heteroatoms. The number of fused-ring (bicyclic) bond motifs is 1. The fourth-order valence-corrected chi connectivity index (χ4v) is 4.67. The fraction of sp³-hybridized carbons (Fsp3) is 0.346. The van der Waals surface area contributed by atoms with Crippen molar-refractivity contribution >= 4 is 16.8 Å². The Balaban J connectivity index is 1.47. The summed E-state index contributed by atoms with van der Waals surface area (Å²) < 4.78 is 0. The van der Waals surface area contributed by atoms with Crippen molar-refractivity contribution in [1.29, 1.82) is 0 Å². The monoisotopic (exact) mass is 427 g/mol. The highest BCUT2D eigenvalue weighted by molar-refractivity contribution is 5.98. The van der Waals surface area contributed by atoms with Gasteiger partial charge in [0.25, 0.3) is 5.91 Å². The van der Waals surface area contributed by atoms with Crippen molar-refractivity contribution in [3.8, 4) is 11.1 Å². The largest absolute Gasteiger partial charge is 0.358 e. The number of carbonyl (C=O) groups excluding carboxylic acids is 1. The van der Waals surface area contributed by atoms with Crippen LogP contribution in [0, 0.1) is 0 Å². The van der Waals surface area contributed by atoms with Crippen LogP contribution >= 0.6 is 0 Å². The number of amides is 1. The van der Waals surface area contributed by atoms with Crippen LogP contribution in [0.3, 0.4) is 0 Å². The van der Waals surface area contributed by atoms with Crippen molar-refractivity contribution in [3.05, 3.63) is 71.9 Å². The van der Waals surface area contributed by atoms with Gasteiger partial charge in [-0.25, -0.2) is 0 Å². The van der Waals surface area contributed by atoms with Crippen molar-refractivity contribution in [2.75, 3.05) is 13.1 Å². The van der Waals surface area contributed by atoms with Gasteiger partial charge in [-0.15, -0.1) is 0 Å². The van der Waals surface area contributed by atoms with Crippen molar-refractivity contribution in [1.82, 2.24) is 25.1 Å². The van der Waals surface area contributed by atoms with Gasteiger partial charge in [0, 0.05) is 64.7 Å². The Hall–Kier alpha value is -3.41. The van der Waals surface area contributed by atoms with Crippen LogP contribution in [0.15, 0.2) is 54.9 Å². The van der Waals surface area contributed by atoms with E-state index in [-0.39, 0.29) is 17.2 Å². The van der Waals surface area contributed by atoms with E-state index >= 15 is 0 Å². The molecule has 1 aromatic carbocycles. The summed E-state index contributed by atoms with van der Waals surface area (Å²) >= 11 is 0. The number of aromatic amines is 2. The van der Waals surface area contributed by atoms with E-state index in [2.05, 4.69) is 77.3 Å². The van der Waals surface area contributed by atoms with Crippen LogP contribution in [0.25, 0.3) is 22.0 Å². The Morgan fingerprint density at radius 2 is 1.91 bits per heavy atom. The van der Waals surface area contributed by atoms with E-state index in [4.69, 9.17) is 0 Å². The average Bonchev–Trinajstić information content (AvgIpc) is 3.45. The summed E-state index contributed by atoms with van der Waals surface area (Å²) in [6, 6.07) is 14.4. The standard InChI is InChI=1S/C26H29N5O/c1-26(2,3)22-15-21(29-30-22)25(32)31-14-6-7-18(16-31)24-23(17-10-12-27-13-11-17)19-8-4-5-9-20(19)28-24/h4-5,8-13,15,18,28H,6-7,14,16H2,1-3H3,(H,29,30). The summed E-state index contributed by atoms with van der Waals surface area (Å²) in [6.07, 6.45) is 5.69. The van der Waals surface area contributed by atoms with E-state index in [9.17, 15) is 4.79 Å². The second-order valence-corrected chi connectivity index (χ2v) is 9.70. The third-order valence-electron chi connectivity index (χ3n) is 6.43. The second kappa shape index (κ2) is 7.93. The minimum atomic E-state index is -0.0697. The number of pyridine rings is 1. The fourth-order valence-electron chi connectivity index (χ4n) is 4.67. The maximum atomic E-state index is 13.3. The summed E-state index contributed by atoms with van der Waals surface area (Å²) in [5.41, 5.74) is 6.11. The molecular formula is C26H29N5O. The van der Waals surface area contributed by atoms with Gasteiger partial charge in [0.1, 0.15) is 5.69 Å². The maximum Gasteiger partial charge on any atom is 0.274 e. The molecule has 4 heterocycles. The van der Waals surface area contributed by atoms with E-state index < -0.39 is 0 Å². The Labute approximate surface area is 188 Å². The molecule has 1 aliphatic rings. The highest BCUT2D eigenvalue weighted by Crippen LogP contribution is 2.39. The van der Waals surface area contributed by atoms with Gasteiger partial charge in [-0.3, -0.25) is 14.9 Å². The van der Waals surface area contributed by atoms with Crippen LogP contribution in [0.2, 0.25) is 0 Å². The summed E-state index contributed by atoms with van der Waals surface area (Å²) in [4.78, 5) is 23.1. The van der Waals surface area contributed by atoms with E-state index in [1.165, 1.54) is 16.6 Å². The van der Waals surface area contributed by atoms with Crippen molar-refractivity contribution in [2.45, 2.75) is 44.9 Å². The lowest BCUT2D eigenvalue weighted by Crippen LogP contribution is -2.39. The van der Waals surface area contributed by atoms with E-state index in [0.717, 1.165) is 36.2 Å². The van der Waals surface area contributed by atoms with Gasteiger partial charge >= 0.3 is 0 Å². The smallest absolute Gasteiger partial charge is 0.274 e. The maximum absolute atomic E-state index is 13.3. The molecule has 1 amide bonds. The number of nitrogens with zero attached hydrogens (tertiary/aromatic N) is 3. The Bertz CT molecular complexity index is 1250. The van der Waals surface area contributed by atoms with Crippen LogP contribution in [-0.4, -0.2) is 44.1 Å². The van der Waals surface area contributed by atoms with Crippen molar-refractivity contribution < 1.29 is 4.79 Å². The predicted octanol–water partition coefficient (Wildman–Crippen LogP) is 5.27. The average molecular weight is 428 g/mol. The third-order valence-corrected chi connectivity index (χ3v) is 6.43. The minimum Gasteiger partial charge on any atom is -0.358 e. The number of carbonyl (C=O) groups is 1. The molecule has 1 saturated heterocycles. The van der Waals surface area contributed by atoms with E-state index in [1.807, 2.05) is 23.4 Å². The number of benzene rings is 1. The number of likely N-dealkylation sites (tertiary alicyclic amines) is 1. The summed E-state index contributed by atoms with van der Waals surface area (Å²) in [5.74, 6) is 0.243. The molecule has 0 bridgehead atoms. The molecule has 2 N–H and O–H groups in total. The Morgan fingerprint density at radius 3 is 2.66 bits per heavy atom. The molecule has 5 rings (SSSR count). The first-order valence-electron chi connectivity index (χ1n) is 11.3. The number of nitrogens with one attached hydrogen (secondary N) is 2. The lowest BCUT2D eigenvalue weighted by molar-refractivity contribution is 0.0700. The molecule has 164 valence electrons. The van der Waals surface area contributed by atoms with Crippen molar-refractivity contribution in [3.63, 3.8) is 0 Å². The van der Waals surface area contributed by atoms with Crippen molar-refractivity contribution in [2.24, 2.45) is 0 Å². The molecule has 0 aliphatic carbocycles. The number of para-hydroxylation sites is 1. The number of hydrogen-bond acceptors (Lipinski definition) is 3. The normalized spacial score (nSPS) is 17.1. The van der Waals surface area contributed by atoms with Gasteiger partial charge in [-0.1, -0.05) is 39.0 Å². The summed E-state index contributed by atoms with van der Waals surface area (Å²) in [6.45, 7) is 7.78. The summed E-state index contributed by atoms with van der Waals surface area (Å²) in [5, 5.41) is 8.58. The molecule has 1 fully saturated rings. The van der Waals surface area contributed by atoms with Crippen LogP contribution in [0.5, 0.6) is 0 Å². The van der Waals surface area contributed by atoms with Gasteiger partial charge in [0.05, 0.1) is 0 Å². The molecule has 32 heavy (non-hydrogen) atoms. The Kier molecular flexibility index (Phi) is 5.08. The molecule has 0 radical (unpaired) electrons. The van der Waals surface area contributed by atoms with Gasteiger partial charge in [0.2, 0.25) is 0 Å². The van der Waals surface area contributed by atoms with Gasteiger partial charge in [-0.2, -0.15) is 5.10 Å². The van der Waals surface area contributed by atoms with Crippen LogP contribution in [0.1, 0.15) is 61.4 Å². The Morgan fingerprint density at radius 1 is 1.12 bits per heavy atom. The lowest BCUT2D eigenvalue weighted by Gasteiger charge is -2.32. The zero-order chi connectivity index (χ0) is 22.3. The predicted molar refractivity (Wildman–Crippen MR) is 127 cm³/mol. The molecule has 1 atom stereocenters. The number of hydrogen-bond donors (Lipinski definition) is 2. The molecule has 0 saturated carbocycles. The number of H-pyrrole nitrogens is 2. The van der Waals surface area contributed by atoms with Gasteiger partial charge < -0.3 is 9.88 Å². The number of rotatable bonds is 3. The first-order chi connectivity index (χ1) is 15.4. The lowest BCUT2D eigenvalue weighted by atomic mass is 9.89. The second-order valence-electron chi connectivity index (χ2n) is 9.70. The van der Waals surface area contributed by atoms with Crippen LogP contribution in [-0.2, 0) is 5.41 Å². The third kappa shape index (κ3) is 3.70. The molecule has 6 nitrogen and oxygen atoms in total. The molecule has 3 aromatic heterocycles. The van der Waals surface area contributed by atoms with Gasteiger partial charge in [0.15, 0.2) is 0 Å². The quantitative estimate of drug-likeness (QED) is 0.467. The number of aromatic nitrogens is 4. The molecule has 4 aromatic rings.